The molecule has 0 fully saturated rings. The predicted molar refractivity (Wildman–Crippen MR) is 131 cm³/mol. The third-order valence-electron chi connectivity index (χ3n) is 5.21. The molecule has 0 saturated carbocycles. The zero-order chi connectivity index (χ0) is 24.0. The van der Waals surface area contributed by atoms with Gasteiger partial charge in [0, 0.05) is 45.2 Å². The number of amides is 2. The summed E-state index contributed by atoms with van der Waals surface area (Å²) < 4.78 is 11.1. The van der Waals surface area contributed by atoms with Gasteiger partial charge in [-0.25, -0.2) is 0 Å². The van der Waals surface area contributed by atoms with Crippen LogP contribution < -0.4 is 15.0 Å². The minimum absolute atomic E-state index is 0.0490. The highest BCUT2D eigenvalue weighted by molar-refractivity contribution is 6.36. The van der Waals surface area contributed by atoms with Gasteiger partial charge < -0.3 is 19.7 Å². The first kappa shape index (κ1) is 24.3. The quantitative estimate of drug-likeness (QED) is 0.409. The van der Waals surface area contributed by atoms with Gasteiger partial charge in [-0.15, -0.1) is 0 Å². The zero-order valence-corrected chi connectivity index (χ0v) is 20.1. The molecule has 176 valence electrons. The van der Waals surface area contributed by atoms with E-state index in [0.29, 0.717) is 43.1 Å². The van der Waals surface area contributed by atoms with Crippen LogP contribution in [0.15, 0.2) is 54.2 Å². The van der Waals surface area contributed by atoms with Crippen LogP contribution in [0.25, 0.3) is 5.57 Å². The Hall–Kier alpha value is -3.32. The molecular weight excluding hydrogens is 418 g/mol. The zero-order valence-electron chi connectivity index (χ0n) is 20.1. The van der Waals surface area contributed by atoms with Gasteiger partial charge in [0.15, 0.2) is 0 Å². The standard InChI is InChI=1S/C26H33N3O4/c1-6-32-17-7-16-29-25(30)23(19-8-14-22(15-9-19)33-18(2)3)24(26(29)31)27-20-10-12-21(13-11-20)28(4)5/h8-15,18,27H,6-7,16-17H2,1-5H3. The van der Waals surface area contributed by atoms with Crippen LogP contribution in [0.3, 0.4) is 0 Å². The van der Waals surface area contributed by atoms with Crippen molar-refractivity contribution in [2.45, 2.75) is 33.3 Å². The SMILES string of the molecule is CCOCCCN1C(=O)C(Nc2ccc(N(C)C)cc2)=C(c2ccc(OC(C)C)cc2)C1=O. The second-order valence-corrected chi connectivity index (χ2v) is 8.32. The van der Waals surface area contributed by atoms with Gasteiger partial charge in [0.1, 0.15) is 11.4 Å². The first-order chi connectivity index (χ1) is 15.8. The summed E-state index contributed by atoms with van der Waals surface area (Å²) in [6.07, 6.45) is 0.637. The minimum Gasteiger partial charge on any atom is -0.491 e. The molecule has 0 spiro atoms. The van der Waals surface area contributed by atoms with E-state index in [9.17, 15) is 9.59 Å². The highest BCUT2D eigenvalue weighted by Gasteiger charge is 2.38. The number of ether oxygens (including phenoxy) is 2. The Kier molecular flexibility index (Phi) is 8.11. The van der Waals surface area contributed by atoms with Crippen molar-refractivity contribution in [2.24, 2.45) is 0 Å². The smallest absolute Gasteiger partial charge is 0.278 e. The molecule has 1 N–H and O–H groups in total. The molecule has 0 saturated heterocycles. The van der Waals surface area contributed by atoms with E-state index in [4.69, 9.17) is 9.47 Å². The molecular formula is C26H33N3O4. The Morgan fingerprint density at radius 1 is 0.970 bits per heavy atom. The predicted octanol–water partition coefficient (Wildman–Crippen LogP) is 4.16. The summed E-state index contributed by atoms with van der Waals surface area (Å²) in [5, 5.41) is 3.20. The van der Waals surface area contributed by atoms with Gasteiger partial charge in [-0.3, -0.25) is 14.5 Å². The number of anilines is 2. The van der Waals surface area contributed by atoms with Crippen molar-refractivity contribution in [3.63, 3.8) is 0 Å². The van der Waals surface area contributed by atoms with Crippen molar-refractivity contribution >= 4 is 28.8 Å². The third-order valence-corrected chi connectivity index (χ3v) is 5.21. The lowest BCUT2D eigenvalue weighted by Crippen LogP contribution is -2.34. The number of imide groups is 1. The highest BCUT2D eigenvalue weighted by atomic mass is 16.5. The van der Waals surface area contributed by atoms with E-state index in [1.165, 1.54) is 4.90 Å². The van der Waals surface area contributed by atoms with Crippen molar-refractivity contribution in [1.82, 2.24) is 4.90 Å². The van der Waals surface area contributed by atoms with Crippen LogP contribution in [0.5, 0.6) is 5.75 Å². The van der Waals surface area contributed by atoms with E-state index in [2.05, 4.69) is 5.32 Å². The van der Waals surface area contributed by atoms with E-state index < -0.39 is 0 Å². The Morgan fingerprint density at radius 2 is 1.64 bits per heavy atom. The summed E-state index contributed by atoms with van der Waals surface area (Å²) in [6.45, 7) is 7.24. The molecule has 1 aliphatic rings. The Bertz CT molecular complexity index is 995. The number of nitrogens with zero attached hydrogens (tertiary/aromatic N) is 2. The topological polar surface area (TPSA) is 71.1 Å². The number of carbonyl (C=O) groups excluding carboxylic acids is 2. The molecule has 0 radical (unpaired) electrons. The molecule has 0 unspecified atom stereocenters. The molecule has 0 aliphatic carbocycles. The molecule has 0 atom stereocenters. The summed E-state index contributed by atoms with van der Waals surface area (Å²) >= 11 is 0. The molecule has 2 amide bonds. The van der Waals surface area contributed by atoms with Crippen molar-refractivity contribution in [1.29, 1.82) is 0 Å². The molecule has 7 nitrogen and oxygen atoms in total. The van der Waals surface area contributed by atoms with Crippen LogP contribution in [-0.2, 0) is 14.3 Å². The fourth-order valence-corrected chi connectivity index (χ4v) is 3.59. The maximum Gasteiger partial charge on any atom is 0.278 e. The number of hydrogen-bond donors (Lipinski definition) is 1. The summed E-state index contributed by atoms with van der Waals surface area (Å²) in [5.74, 6) is 0.0839. The van der Waals surface area contributed by atoms with Crippen molar-refractivity contribution in [2.75, 3.05) is 44.1 Å². The van der Waals surface area contributed by atoms with E-state index in [1.807, 2.05) is 88.3 Å². The second-order valence-electron chi connectivity index (χ2n) is 8.32. The fraction of sp³-hybridized carbons (Fsp3) is 0.385. The van der Waals surface area contributed by atoms with Crippen molar-refractivity contribution in [3.8, 4) is 5.75 Å². The molecule has 1 aliphatic heterocycles. The third kappa shape index (κ3) is 5.93. The van der Waals surface area contributed by atoms with Crippen LogP contribution in [-0.4, -0.2) is 56.7 Å². The number of nitrogens with one attached hydrogen (secondary N) is 1. The maximum atomic E-state index is 13.3. The first-order valence-electron chi connectivity index (χ1n) is 11.3. The maximum absolute atomic E-state index is 13.3. The number of hydrogen-bond acceptors (Lipinski definition) is 6. The largest absolute Gasteiger partial charge is 0.491 e. The first-order valence-corrected chi connectivity index (χ1v) is 11.3. The van der Waals surface area contributed by atoms with Gasteiger partial charge in [-0.05, 0) is 69.2 Å². The van der Waals surface area contributed by atoms with Crippen LogP contribution in [0.2, 0.25) is 0 Å². The van der Waals surface area contributed by atoms with Gasteiger partial charge in [0.25, 0.3) is 11.8 Å². The summed E-state index contributed by atoms with van der Waals surface area (Å²) in [6, 6.07) is 15.0. The van der Waals surface area contributed by atoms with Crippen LogP contribution in [0, 0.1) is 0 Å². The molecule has 2 aromatic rings. The van der Waals surface area contributed by atoms with Crippen LogP contribution >= 0.6 is 0 Å². The van der Waals surface area contributed by atoms with Gasteiger partial charge >= 0.3 is 0 Å². The lowest BCUT2D eigenvalue weighted by Gasteiger charge is -2.16. The molecule has 7 heteroatoms. The van der Waals surface area contributed by atoms with Crippen LogP contribution in [0.1, 0.15) is 32.8 Å². The summed E-state index contributed by atoms with van der Waals surface area (Å²) in [4.78, 5) is 29.9. The van der Waals surface area contributed by atoms with E-state index in [1.54, 1.807) is 0 Å². The van der Waals surface area contributed by atoms with Gasteiger partial charge in [-0.1, -0.05) is 12.1 Å². The number of carbonyl (C=O) groups is 2. The summed E-state index contributed by atoms with van der Waals surface area (Å²) in [5.41, 5.74) is 3.10. The van der Waals surface area contributed by atoms with Crippen molar-refractivity contribution < 1.29 is 19.1 Å². The Morgan fingerprint density at radius 3 is 2.21 bits per heavy atom. The van der Waals surface area contributed by atoms with E-state index in [0.717, 1.165) is 11.4 Å². The molecule has 33 heavy (non-hydrogen) atoms. The Labute approximate surface area is 196 Å². The van der Waals surface area contributed by atoms with Crippen LogP contribution in [0.4, 0.5) is 11.4 Å². The molecule has 0 aromatic heterocycles. The molecule has 1 heterocycles. The molecule has 2 aromatic carbocycles. The van der Waals surface area contributed by atoms with Crippen molar-refractivity contribution in [3.05, 3.63) is 59.8 Å². The molecule has 0 bridgehead atoms. The van der Waals surface area contributed by atoms with Gasteiger partial charge in [0.2, 0.25) is 0 Å². The lowest BCUT2D eigenvalue weighted by molar-refractivity contribution is -0.137. The number of benzene rings is 2. The van der Waals surface area contributed by atoms with E-state index >= 15 is 0 Å². The monoisotopic (exact) mass is 451 g/mol. The minimum atomic E-state index is -0.328. The normalized spacial score (nSPS) is 13.8. The average molecular weight is 452 g/mol. The second kappa shape index (κ2) is 11.0. The lowest BCUT2D eigenvalue weighted by atomic mass is 10.0. The summed E-state index contributed by atoms with van der Waals surface area (Å²) in [7, 11) is 3.93. The molecule has 3 rings (SSSR count). The van der Waals surface area contributed by atoms with E-state index in [-0.39, 0.29) is 23.6 Å². The Balaban J connectivity index is 1.91. The van der Waals surface area contributed by atoms with Gasteiger partial charge in [-0.2, -0.15) is 0 Å². The number of rotatable bonds is 11. The average Bonchev–Trinajstić information content (AvgIpc) is 3.01. The van der Waals surface area contributed by atoms with Gasteiger partial charge in [0.05, 0.1) is 11.7 Å². The fourth-order valence-electron chi connectivity index (χ4n) is 3.59. The highest BCUT2D eigenvalue weighted by Crippen LogP contribution is 2.32.